The summed E-state index contributed by atoms with van der Waals surface area (Å²) in [5.41, 5.74) is 5.37. The first-order chi connectivity index (χ1) is 20.6. The van der Waals surface area contributed by atoms with Crippen LogP contribution in [0.5, 0.6) is 0 Å². The van der Waals surface area contributed by atoms with Gasteiger partial charge in [0.25, 0.3) is 0 Å². The molecule has 195 valence electrons. The zero-order valence-corrected chi connectivity index (χ0v) is 23.3. The van der Waals surface area contributed by atoms with Crippen molar-refractivity contribution < 1.29 is 25.2 Å². The van der Waals surface area contributed by atoms with Gasteiger partial charge in [-0.3, -0.25) is 0 Å². The first-order valence-corrected chi connectivity index (χ1v) is 14.1. The van der Waals surface area contributed by atoms with Crippen LogP contribution in [0.15, 0.2) is 91.0 Å². The zero-order chi connectivity index (χ0) is 27.9. The third kappa shape index (κ3) is 3.29. The van der Waals surface area contributed by atoms with Gasteiger partial charge in [-0.15, -0.1) is 0 Å². The maximum absolute atomic E-state index is 14.2. The molecule has 0 saturated carbocycles. The van der Waals surface area contributed by atoms with Crippen molar-refractivity contribution in [1.82, 2.24) is 34.9 Å². The van der Waals surface area contributed by atoms with Crippen LogP contribution in [0.25, 0.3) is 89.7 Å². The molecule has 2 aliphatic rings. The maximum atomic E-state index is 14.2. The summed E-state index contributed by atoms with van der Waals surface area (Å²) in [7, 11) is 0. The Labute approximate surface area is 249 Å². The Morgan fingerprint density at radius 2 is 1.05 bits per heavy atom. The SMILES string of the molecule is [O-][n+]1c2nc(nc3[nH]c(nc4nc(nc5[nH]c1c1ccc[c]([Ti])c51)-c1ccccc1-4)c1ccccc31)-c1ccccc1-2. The van der Waals surface area contributed by atoms with E-state index in [2.05, 4.69) is 9.97 Å². The molecular formula is C32H17N8OTi. The van der Waals surface area contributed by atoms with Crippen LogP contribution in [0.3, 0.4) is 0 Å². The Morgan fingerprint density at radius 3 is 1.71 bits per heavy atom. The molecule has 0 saturated heterocycles. The van der Waals surface area contributed by atoms with Crippen LogP contribution in [0.1, 0.15) is 0 Å². The van der Waals surface area contributed by atoms with Gasteiger partial charge in [0.1, 0.15) is 0 Å². The second kappa shape index (κ2) is 8.63. The van der Waals surface area contributed by atoms with E-state index in [-0.39, 0.29) is 5.82 Å². The van der Waals surface area contributed by atoms with Gasteiger partial charge in [-0.2, -0.15) is 0 Å². The number of H-pyrrole nitrogens is 2. The first-order valence-electron chi connectivity index (χ1n) is 13.3. The summed E-state index contributed by atoms with van der Waals surface area (Å²) >= 11 is 2.01. The van der Waals surface area contributed by atoms with Crippen molar-refractivity contribution in [3.05, 3.63) is 96.2 Å². The Bertz CT molecular complexity index is 2460. The van der Waals surface area contributed by atoms with Gasteiger partial charge in [-0.1, -0.05) is 6.07 Å². The van der Waals surface area contributed by atoms with Crippen molar-refractivity contribution >= 4 is 48.0 Å². The van der Waals surface area contributed by atoms with Gasteiger partial charge in [-0.25, -0.2) is 0 Å². The molecule has 9 rings (SSSR count). The molecule has 7 aromatic rings. The molecule has 0 aliphatic carbocycles. The van der Waals surface area contributed by atoms with Crippen molar-refractivity contribution in [2.75, 3.05) is 0 Å². The van der Waals surface area contributed by atoms with E-state index in [9.17, 15) is 5.21 Å². The summed E-state index contributed by atoms with van der Waals surface area (Å²) in [5.74, 6) is 1.77. The Kier molecular flexibility index (Phi) is 4.82. The van der Waals surface area contributed by atoms with Crippen molar-refractivity contribution in [2.24, 2.45) is 0 Å². The van der Waals surface area contributed by atoms with Gasteiger partial charge in [0.2, 0.25) is 0 Å². The van der Waals surface area contributed by atoms with E-state index in [0.29, 0.717) is 45.6 Å². The van der Waals surface area contributed by atoms with E-state index in [1.54, 1.807) is 0 Å². The monoisotopic (exact) mass is 577 g/mol. The molecule has 0 spiro atoms. The minimum atomic E-state index is 0.257. The van der Waals surface area contributed by atoms with Crippen molar-refractivity contribution in [2.45, 2.75) is 0 Å². The molecule has 10 heteroatoms. The van der Waals surface area contributed by atoms with Gasteiger partial charge < -0.3 is 0 Å². The fourth-order valence-corrected chi connectivity index (χ4v) is 6.38. The molecular weight excluding hydrogens is 560 g/mol. The van der Waals surface area contributed by atoms with Gasteiger partial charge in [0.15, 0.2) is 0 Å². The molecule has 0 radical (unpaired) electrons. The number of aromatic nitrogens is 8. The summed E-state index contributed by atoms with van der Waals surface area (Å²) in [6.45, 7) is 0. The Hall–Kier alpha value is -5.25. The Balaban J connectivity index is 1.54. The summed E-state index contributed by atoms with van der Waals surface area (Å²) in [6, 6.07) is 29.4. The molecule has 0 fully saturated rings. The standard InChI is InChI=1S/C32H17N8O.Ti/c41-40-31-23-15-7-5-13-21(23)29(38-31)36-27-19-11-3-1-9-17(19)25(34-27)33-26-18-10-2-4-12-20(18)28(35-26)37-30-22-14-6-8-16-24(22)32(40)39-30;/h1-13,15-16H,(H2,33,34,35,36,37,38,39);. The predicted molar refractivity (Wildman–Crippen MR) is 157 cm³/mol. The summed E-state index contributed by atoms with van der Waals surface area (Å²) in [6.07, 6.45) is 0. The van der Waals surface area contributed by atoms with Gasteiger partial charge in [0.05, 0.1) is 0 Å². The molecule has 8 bridgehead atoms. The van der Waals surface area contributed by atoms with Crippen LogP contribution < -0.4 is 8.60 Å². The Morgan fingerprint density at radius 1 is 0.524 bits per heavy atom. The number of fused-ring (bicyclic) bond motifs is 20. The molecule has 5 heterocycles. The molecule has 0 unspecified atom stereocenters. The summed E-state index contributed by atoms with van der Waals surface area (Å²) in [4.78, 5) is 31.4. The van der Waals surface area contributed by atoms with Crippen LogP contribution in [-0.2, 0) is 20.4 Å². The normalized spacial score (nSPS) is 12.0. The number of aromatic amines is 2. The number of nitrogens with one attached hydrogen (secondary N) is 2. The third-order valence-electron chi connectivity index (χ3n) is 7.76. The predicted octanol–water partition coefficient (Wildman–Crippen LogP) is 5.28. The van der Waals surface area contributed by atoms with E-state index in [1.165, 1.54) is 0 Å². The van der Waals surface area contributed by atoms with Crippen molar-refractivity contribution in [1.29, 1.82) is 0 Å². The quantitative estimate of drug-likeness (QED) is 0.144. The number of hydrogen-bond acceptors (Lipinski definition) is 6. The second-order valence-corrected chi connectivity index (χ2v) is 11.0. The molecule has 4 aromatic carbocycles. The molecule has 9 nitrogen and oxygen atoms in total. The van der Waals surface area contributed by atoms with E-state index in [1.807, 2.05) is 111 Å². The molecule has 3 aromatic heterocycles. The first kappa shape index (κ1) is 23.5. The topological polar surface area (TPSA) is 123 Å². The number of nitrogens with zero attached hydrogens (tertiary/aromatic N) is 6. The molecule has 0 atom stereocenters. The second-order valence-electron chi connectivity index (χ2n) is 10.2. The van der Waals surface area contributed by atoms with Crippen LogP contribution in [0.4, 0.5) is 0 Å². The average Bonchev–Trinajstić information content (AvgIpc) is 3.76. The summed E-state index contributed by atoms with van der Waals surface area (Å²) in [5, 5.41) is 17.6. The van der Waals surface area contributed by atoms with E-state index in [4.69, 9.17) is 24.9 Å². The van der Waals surface area contributed by atoms with Crippen LogP contribution in [0.2, 0.25) is 0 Å². The summed E-state index contributed by atoms with van der Waals surface area (Å²) < 4.78 is 1.84. The third-order valence-corrected chi connectivity index (χ3v) is 8.41. The van der Waals surface area contributed by atoms with Crippen molar-refractivity contribution in [3.63, 3.8) is 0 Å². The molecule has 2 aliphatic heterocycles. The van der Waals surface area contributed by atoms with E-state index >= 15 is 0 Å². The van der Waals surface area contributed by atoms with Crippen LogP contribution in [-0.4, -0.2) is 34.9 Å². The average molecular weight is 577 g/mol. The van der Waals surface area contributed by atoms with Crippen molar-refractivity contribution in [3.8, 4) is 45.6 Å². The van der Waals surface area contributed by atoms with E-state index in [0.717, 1.165) is 46.8 Å². The minimum absolute atomic E-state index is 0.257. The van der Waals surface area contributed by atoms with Gasteiger partial charge in [-0.05, 0) is 0 Å². The van der Waals surface area contributed by atoms with Crippen LogP contribution in [0, 0.1) is 5.21 Å². The van der Waals surface area contributed by atoms with E-state index < -0.39 is 0 Å². The number of hydrogen-bond donors (Lipinski definition) is 2. The number of rotatable bonds is 0. The fourth-order valence-electron chi connectivity index (χ4n) is 5.83. The van der Waals surface area contributed by atoms with Gasteiger partial charge >= 0.3 is 244 Å². The number of benzene rings is 4. The zero-order valence-electron chi connectivity index (χ0n) is 21.8. The van der Waals surface area contributed by atoms with Gasteiger partial charge in [0, 0.05) is 0 Å². The molecule has 2 N–H and O–H groups in total. The van der Waals surface area contributed by atoms with Crippen LogP contribution >= 0.6 is 0 Å². The molecule has 0 amide bonds. The fraction of sp³-hybridized carbons (Fsp3) is 0. The molecule has 42 heavy (non-hydrogen) atoms.